The van der Waals surface area contributed by atoms with Crippen molar-refractivity contribution in [2.45, 2.75) is 50.3 Å². The van der Waals surface area contributed by atoms with Crippen molar-refractivity contribution in [1.29, 1.82) is 0 Å². The number of nitrogens with one attached hydrogen (secondary N) is 3. The number of rotatable bonds is 9. The highest BCUT2D eigenvalue weighted by Gasteiger charge is 2.24. The molecule has 0 aliphatic carbocycles. The molecule has 1 heterocycles. The van der Waals surface area contributed by atoms with Crippen LogP contribution in [-0.4, -0.2) is 37.8 Å². The number of para-hydroxylation sites is 1. The highest BCUT2D eigenvalue weighted by Crippen LogP contribution is 2.35. The maximum absolute atomic E-state index is 12.8. The third kappa shape index (κ3) is 5.69. The minimum Gasteiger partial charge on any atom is -0.495 e. The zero-order valence-corrected chi connectivity index (χ0v) is 22.6. The number of ether oxygens (including phenoxy) is 1. The molecule has 0 atom stereocenters. The van der Waals surface area contributed by atoms with Gasteiger partial charge in [-0.3, -0.25) is 0 Å². The smallest absolute Gasteiger partial charge is 0.229 e. The Morgan fingerprint density at radius 2 is 1.77 bits per heavy atom. The molecule has 3 N–H and O–H groups in total. The van der Waals surface area contributed by atoms with E-state index in [-0.39, 0.29) is 27.2 Å². The summed E-state index contributed by atoms with van der Waals surface area (Å²) >= 11 is 6.35. The predicted octanol–water partition coefficient (Wildman–Crippen LogP) is 5.57. The van der Waals surface area contributed by atoms with Gasteiger partial charge in [0.05, 0.1) is 34.8 Å². The van der Waals surface area contributed by atoms with Crippen LogP contribution >= 0.6 is 11.6 Å². The van der Waals surface area contributed by atoms with Gasteiger partial charge in [-0.15, -0.1) is 0 Å². The molecule has 0 fully saturated rings. The molecule has 3 aromatic rings. The van der Waals surface area contributed by atoms with Crippen molar-refractivity contribution in [3.8, 4) is 5.75 Å². The lowest BCUT2D eigenvalue weighted by Crippen LogP contribution is -2.33. The summed E-state index contributed by atoms with van der Waals surface area (Å²) < 4.78 is 31.3. The van der Waals surface area contributed by atoms with E-state index >= 15 is 0 Å². The van der Waals surface area contributed by atoms with E-state index in [4.69, 9.17) is 16.3 Å². The van der Waals surface area contributed by atoms with Crippen molar-refractivity contribution >= 4 is 44.6 Å². The molecule has 0 saturated heterocycles. The first-order valence-electron chi connectivity index (χ1n) is 11.2. The Balaban J connectivity index is 1.98. The quantitative estimate of drug-likeness (QED) is 0.338. The van der Waals surface area contributed by atoms with Crippen LogP contribution in [0.1, 0.15) is 38.8 Å². The van der Waals surface area contributed by atoms with Crippen LogP contribution < -0.4 is 20.7 Å². The van der Waals surface area contributed by atoms with Crippen molar-refractivity contribution < 1.29 is 13.2 Å². The third-order valence-corrected chi connectivity index (χ3v) is 8.39. The number of hydrogen-bond donors (Lipinski definition) is 3. The van der Waals surface area contributed by atoms with Crippen LogP contribution in [0.3, 0.4) is 0 Å². The third-order valence-electron chi connectivity index (χ3n) is 5.90. The average Bonchev–Trinajstić information content (AvgIpc) is 2.81. The van der Waals surface area contributed by atoms with E-state index in [1.165, 1.54) is 6.20 Å². The molecule has 0 bridgehead atoms. The molecule has 188 valence electrons. The van der Waals surface area contributed by atoms with Crippen molar-refractivity contribution in [3.05, 3.63) is 58.7 Å². The van der Waals surface area contributed by atoms with E-state index in [0.29, 0.717) is 17.1 Å². The fourth-order valence-electron chi connectivity index (χ4n) is 3.60. The summed E-state index contributed by atoms with van der Waals surface area (Å²) in [6, 6.07) is 10.6. The fourth-order valence-corrected chi connectivity index (χ4v) is 4.94. The second-order valence-corrected chi connectivity index (χ2v) is 11.9. The molecule has 2 aromatic carbocycles. The molecule has 8 nitrogen and oxygen atoms in total. The van der Waals surface area contributed by atoms with Crippen LogP contribution in [0.2, 0.25) is 5.02 Å². The Morgan fingerprint density at radius 1 is 1.09 bits per heavy atom. The number of benzene rings is 2. The Morgan fingerprint density at radius 3 is 2.40 bits per heavy atom. The molecule has 0 radical (unpaired) electrons. The molecule has 35 heavy (non-hydrogen) atoms. The van der Waals surface area contributed by atoms with Crippen LogP contribution in [-0.2, 0) is 15.4 Å². The Kier molecular flexibility index (Phi) is 7.93. The van der Waals surface area contributed by atoms with Crippen molar-refractivity contribution in [2.75, 3.05) is 24.8 Å². The maximum Gasteiger partial charge on any atom is 0.229 e. The van der Waals surface area contributed by atoms with Gasteiger partial charge in [-0.1, -0.05) is 23.7 Å². The number of aryl methyl sites for hydroxylation is 1. The highest BCUT2D eigenvalue weighted by molar-refractivity contribution is 7.92. The highest BCUT2D eigenvalue weighted by atomic mass is 35.5. The molecule has 0 saturated carbocycles. The molecular formula is C25H32ClN5O3S. The van der Waals surface area contributed by atoms with Crippen LogP contribution in [0.4, 0.5) is 23.1 Å². The van der Waals surface area contributed by atoms with E-state index in [0.717, 1.165) is 11.1 Å². The Bertz CT molecular complexity index is 1330. The van der Waals surface area contributed by atoms with Crippen molar-refractivity contribution in [2.24, 2.45) is 0 Å². The van der Waals surface area contributed by atoms with E-state index in [1.54, 1.807) is 45.2 Å². The molecule has 0 aliphatic heterocycles. The van der Waals surface area contributed by atoms with Crippen LogP contribution in [0, 0.1) is 6.92 Å². The summed E-state index contributed by atoms with van der Waals surface area (Å²) in [5, 5.41) is 9.24. The second kappa shape index (κ2) is 10.4. The van der Waals surface area contributed by atoms with Crippen molar-refractivity contribution in [3.63, 3.8) is 0 Å². The van der Waals surface area contributed by atoms with Gasteiger partial charge in [0.15, 0.2) is 15.7 Å². The largest absolute Gasteiger partial charge is 0.495 e. The topological polar surface area (TPSA) is 105 Å². The predicted molar refractivity (Wildman–Crippen MR) is 142 cm³/mol. The monoisotopic (exact) mass is 517 g/mol. The summed E-state index contributed by atoms with van der Waals surface area (Å²) in [6.45, 7) is 9.51. The van der Waals surface area contributed by atoms with Crippen molar-refractivity contribution in [1.82, 2.24) is 15.3 Å². The normalized spacial score (nSPS) is 12.0. The molecular weight excluding hydrogens is 486 g/mol. The van der Waals surface area contributed by atoms with Crippen LogP contribution in [0.5, 0.6) is 5.75 Å². The SMILES string of the molecule is CNC(C)(C)c1cc(OC)c(Nc2ncc(Cl)c(Nc3ccccc3S(=O)(=O)C(C)C)n2)cc1C. The van der Waals surface area contributed by atoms with Gasteiger partial charge in [0.2, 0.25) is 5.95 Å². The second-order valence-electron chi connectivity index (χ2n) is 8.97. The summed E-state index contributed by atoms with van der Waals surface area (Å²) in [4.78, 5) is 8.96. The fraction of sp³-hybridized carbons (Fsp3) is 0.360. The van der Waals surface area contributed by atoms with Gasteiger partial charge in [0, 0.05) is 5.54 Å². The molecule has 0 aliphatic rings. The molecule has 0 unspecified atom stereocenters. The molecule has 0 amide bonds. The van der Waals surface area contributed by atoms with Gasteiger partial charge in [-0.25, -0.2) is 13.4 Å². The van der Waals surface area contributed by atoms with Gasteiger partial charge in [0.1, 0.15) is 10.8 Å². The van der Waals surface area contributed by atoms with Gasteiger partial charge < -0.3 is 20.7 Å². The summed E-state index contributed by atoms with van der Waals surface area (Å²) in [5.41, 5.74) is 3.00. The van der Waals surface area contributed by atoms with E-state index in [2.05, 4.69) is 39.8 Å². The molecule has 10 heteroatoms. The van der Waals surface area contributed by atoms with Crippen LogP contribution in [0.25, 0.3) is 0 Å². The first-order valence-corrected chi connectivity index (χ1v) is 13.1. The Hall–Kier alpha value is -2.88. The zero-order valence-electron chi connectivity index (χ0n) is 21.0. The number of anilines is 4. The number of halogens is 1. The minimum atomic E-state index is -3.52. The average molecular weight is 518 g/mol. The number of methoxy groups -OCH3 is 1. The van der Waals surface area contributed by atoms with Gasteiger partial charge in [-0.05, 0) is 77.1 Å². The maximum atomic E-state index is 12.8. The lowest BCUT2D eigenvalue weighted by Gasteiger charge is -2.28. The molecule has 3 rings (SSSR count). The zero-order chi connectivity index (χ0) is 26.0. The lowest BCUT2D eigenvalue weighted by atomic mass is 9.90. The summed E-state index contributed by atoms with van der Waals surface area (Å²) in [6.07, 6.45) is 1.45. The van der Waals surface area contributed by atoms with Gasteiger partial charge in [-0.2, -0.15) is 4.98 Å². The number of hydrogen-bond acceptors (Lipinski definition) is 8. The van der Waals surface area contributed by atoms with E-state index < -0.39 is 15.1 Å². The Labute approximate surface area is 212 Å². The van der Waals surface area contributed by atoms with E-state index in [9.17, 15) is 8.42 Å². The van der Waals surface area contributed by atoms with Gasteiger partial charge in [0.25, 0.3) is 0 Å². The first-order chi connectivity index (χ1) is 16.4. The first kappa shape index (κ1) is 26.7. The van der Waals surface area contributed by atoms with Gasteiger partial charge >= 0.3 is 0 Å². The minimum absolute atomic E-state index is 0.180. The number of sulfone groups is 1. The summed E-state index contributed by atoms with van der Waals surface area (Å²) in [5.74, 6) is 1.19. The summed E-state index contributed by atoms with van der Waals surface area (Å²) in [7, 11) is 0.00266. The molecule has 1 aromatic heterocycles. The number of aromatic nitrogens is 2. The number of nitrogens with zero attached hydrogens (tertiary/aromatic N) is 2. The van der Waals surface area contributed by atoms with Crippen LogP contribution in [0.15, 0.2) is 47.5 Å². The standard InChI is InChI=1S/C25H32ClN5O3S/c1-15(2)35(32,33)22-11-9-8-10-19(22)29-23-18(26)14-28-24(31-23)30-20-12-16(3)17(13-21(20)34-7)25(4,5)27-6/h8-15,27H,1-7H3,(H2,28,29,30,31). The van der Waals surface area contributed by atoms with E-state index in [1.807, 2.05) is 26.1 Å². The molecule has 0 spiro atoms. The lowest BCUT2D eigenvalue weighted by molar-refractivity contribution is 0.407.